The van der Waals surface area contributed by atoms with Crippen LogP contribution in [0.4, 0.5) is 10.1 Å². The van der Waals surface area contributed by atoms with Crippen LogP contribution in [0.25, 0.3) is 22.0 Å². The second-order valence-corrected chi connectivity index (χ2v) is 10.9. The van der Waals surface area contributed by atoms with E-state index in [9.17, 15) is 28.0 Å². The molecule has 7 nitrogen and oxygen atoms in total. The first-order valence-electron chi connectivity index (χ1n) is 10.9. The van der Waals surface area contributed by atoms with Gasteiger partial charge in [-0.05, 0) is 52.9 Å². The van der Waals surface area contributed by atoms with E-state index in [-0.39, 0.29) is 56.8 Å². The van der Waals surface area contributed by atoms with Crippen LogP contribution in [0, 0.1) is 17.1 Å². The van der Waals surface area contributed by atoms with E-state index in [1.54, 1.807) is 12.1 Å². The van der Waals surface area contributed by atoms with Crippen LogP contribution in [0.15, 0.2) is 71.8 Å². The zero-order valence-electron chi connectivity index (χ0n) is 20.7. The predicted molar refractivity (Wildman–Crippen MR) is 132 cm³/mol. The fourth-order valence-corrected chi connectivity index (χ4v) is 5.06. The van der Waals surface area contributed by atoms with Gasteiger partial charge < -0.3 is 9.90 Å². The van der Waals surface area contributed by atoms with Crippen LogP contribution < -0.4 is 39.4 Å². The molecule has 37 heavy (non-hydrogen) atoms. The summed E-state index contributed by atoms with van der Waals surface area (Å²) in [6.07, 6.45) is 1.43. The molecule has 0 bridgehead atoms. The number of rotatable bonds is 5. The Bertz CT molecular complexity index is 1680. The fourth-order valence-electron chi connectivity index (χ4n) is 3.97. The third kappa shape index (κ3) is 5.68. The van der Waals surface area contributed by atoms with Crippen LogP contribution in [0.1, 0.15) is 42.3 Å². The Kier molecular flexibility index (Phi) is 8.10. The van der Waals surface area contributed by atoms with E-state index in [1.165, 1.54) is 48.7 Å². The maximum absolute atomic E-state index is 14.7. The molecule has 4 aromatic rings. The third-order valence-electron chi connectivity index (χ3n) is 5.73. The van der Waals surface area contributed by atoms with E-state index in [1.807, 2.05) is 26.8 Å². The number of carboxylic acid groups (broad SMARTS) is 1. The molecule has 182 valence electrons. The third-order valence-corrected chi connectivity index (χ3v) is 7.09. The predicted octanol–water partition coefficient (Wildman–Crippen LogP) is 1.38. The summed E-state index contributed by atoms with van der Waals surface area (Å²) < 4.78 is 43.7. The summed E-state index contributed by atoms with van der Waals surface area (Å²) in [6.45, 7) is 5.48. The SMILES string of the molecule is CC(C)(C)c1ccc(S(=O)(=O)Nc2ccc(C#N)cc2-c2ccc(C(=O)[O-])c3ncccc23)cc1F.[Na+]. The van der Waals surface area contributed by atoms with E-state index in [0.717, 1.165) is 6.07 Å². The molecule has 1 heterocycles. The molecule has 0 atom stereocenters. The number of pyridine rings is 1. The molecule has 0 spiro atoms. The summed E-state index contributed by atoms with van der Waals surface area (Å²) in [5, 5.41) is 21.4. The van der Waals surface area contributed by atoms with Crippen molar-refractivity contribution < 1.29 is 52.3 Å². The van der Waals surface area contributed by atoms with Gasteiger partial charge in [-0.3, -0.25) is 9.71 Å². The first-order chi connectivity index (χ1) is 16.9. The number of sulfonamides is 1. The minimum absolute atomic E-state index is 0. The summed E-state index contributed by atoms with van der Waals surface area (Å²) >= 11 is 0. The Morgan fingerprint density at radius 2 is 1.78 bits per heavy atom. The summed E-state index contributed by atoms with van der Waals surface area (Å²) in [7, 11) is -4.22. The Morgan fingerprint density at radius 3 is 2.41 bits per heavy atom. The van der Waals surface area contributed by atoms with Crippen LogP contribution in [0.5, 0.6) is 0 Å². The molecule has 0 fully saturated rings. The number of aromatic nitrogens is 1. The molecule has 0 amide bonds. The average molecular weight is 526 g/mol. The van der Waals surface area contributed by atoms with Crippen molar-refractivity contribution in [2.45, 2.75) is 31.1 Å². The number of aromatic carboxylic acids is 1. The maximum atomic E-state index is 14.7. The Morgan fingerprint density at radius 1 is 1.05 bits per heavy atom. The number of hydrogen-bond acceptors (Lipinski definition) is 6. The van der Waals surface area contributed by atoms with Crippen LogP contribution in [-0.2, 0) is 15.4 Å². The summed E-state index contributed by atoms with van der Waals surface area (Å²) in [5.74, 6) is -2.04. The number of hydrogen-bond donors (Lipinski definition) is 1. The van der Waals surface area contributed by atoms with Gasteiger partial charge in [0, 0.05) is 22.7 Å². The quantitative estimate of drug-likeness (QED) is 0.393. The van der Waals surface area contributed by atoms with Crippen molar-refractivity contribution in [2.75, 3.05) is 4.72 Å². The standard InChI is InChI=1S/C27H22FN3O4S.Na/c1-27(2,3)22-10-7-17(14-23(22)28)36(34,35)31-24-11-6-16(15-29)13-21(24)18-8-9-20(26(32)33)25-19(18)5-4-12-30-25;/h4-14,31H,1-3H3,(H,32,33);/q;+1/p-1. The average Bonchev–Trinajstić information content (AvgIpc) is 2.82. The second-order valence-electron chi connectivity index (χ2n) is 9.22. The molecule has 0 saturated heterocycles. The molecule has 0 unspecified atom stereocenters. The molecular formula is C27H21FN3NaO4S. The van der Waals surface area contributed by atoms with Crippen molar-refractivity contribution in [3.8, 4) is 17.2 Å². The Balaban J connectivity index is 0.00000380. The second kappa shape index (κ2) is 10.6. The molecule has 0 aliphatic heterocycles. The molecule has 1 aromatic heterocycles. The summed E-state index contributed by atoms with van der Waals surface area (Å²) in [5.41, 5.74) is 1.07. The summed E-state index contributed by atoms with van der Waals surface area (Å²) in [4.78, 5) is 15.5. The van der Waals surface area contributed by atoms with Gasteiger partial charge in [0.2, 0.25) is 0 Å². The van der Waals surface area contributed by atoms with E-state index in [2.05, 4.69) is 9.71 Å². The van der Waals surface area contributed by atoms with Gasteiger partial charge in [-0.1, -0.05) is 45.0 Å². The van der Waals surface area contributed by atoms with Crippen LogP contribution in [0.2, 0.25) is 0 Å². The van der Waals surface area contributed by atoms with E-state index >= 15 is 0 Å². The number of carbonyl (C=O) groups excluding carboxylic acids is 1. The zero-order chi connectivity index (χ0) is 26.3. The van der Waals surface area contributed by atoms with Gasteiger partial charge in [-0.2, -0.15) is 5.26 Å². The first kappa shape index (κ1) is 28.3. The zero-order valence-corrected chi connectivity index (χ0v) is 23.5. The number of nitrogens with zero attached hydrogens (tertiary/aromatic N) is 2. The number of carboxylic acids is 1. The normalized spacial score (nSPS) is 11.4. The van der Waals surface area contributed by atoms with Gasteiger partial charge in [-0.25, -0.2) is 12.8 Å². The minimum atomic E-state index is -4.22. The van der Waals surface area contributed by atoms with Crippen molar-refractivity contribution in [3.63, 3.8) is 0 Å². The Labute approximate surface area is 236 Å². The monoisotopic (exact) mass is 525 g/mol. The molecule has 10 heteroatoms. The number of nitriles is 1. The number of benzene rings is 3. The van der Waals surface area contributed by atoms with Gasteiger partial charge in [0.15, 0.2) is 0 Å². The van der Waals surface area contributed by atoms with Crippen molar-refractivity contribution in [2.24, 2.45) is 0 Å². The van der Waals surface area contributed by atoms with Crippen molar-refractivity contribution in [1.29, 1.82) is 5.26 Å². The van der Waals surface area contributed by atoms with E-state index in [0.29, 0.717) is 22.1 Å². The molecule has 1 N–H and O–H groups in total. The van der Waals surface area contributed by atoms with Crippen molar-refractivity contribution in [1.82, 2.24) is 4.98 Å². The van der Waals surface area contributed by atoms with Crippen LogP contribution >= 0.6 is 0 Å². The molecular weight excluding hydrogens is 504 g/mol. The largest absolute Gasteiger partial charge is 1.00 e. The molecule has 0 aliphatic carbocycles. The van der Waals surface area contributed by atoms with E-state index in [4.69, 9.17) is 0 Å². The molecule has 4 rings (SSSR count). The summed E-state index contributed by atoms with van der Waals surface area (Å²) in [6, 6.07) is 16.2. The van der Waals surface area contributed by atoms with Crippen LogP contribution in [-0.4, -0.2) is 19.4 Å². The molecule has 0 aliphatic rings. The minimum Gasteiger partial charge on any atom is -0.545 e. The van der Waals surface area contributed by atoms with Crippen LogP contribution in [0.3, 0.4) is 0 Å². The van der Waals surface area contributed by atoms with Gasteiger partial charge >= 0.3 is 29.6 Å². The number of halogens is 1. The topological polar surface area (TPSA) is 123 Å². The van der Waals surface area contributed by atoms with Gasteiger partial charge in [-0.15, -0.1) is 0 Å². The number of carbonyl (C=O) groups is 1. The fraction of sp³-hybridized carbons (Fsp3) is 0.148. The van der Waals surface area contributed by atoms with Gasteiger partial charge in [0.05, 0.1) is 33.7 Å². The first-order valence-corrected chi connectivity index (χ1v) is 12.4. The van der Waals surface area contributed by atoms with Gasteiger partial charge in [0.25, 0.3) is 10.0 Å². The molecule has 0 radical (unpaired) electrons. The maximum Gasteiger partial charge on any atom is 1.00 e. The van der Waals surface area contributed by atoms with E-state index < -0.39 is 27.2 Å². The van der Waals surface area contributed by atoms with Crippen molar-refractivity contribution >= 4 is 32.6 Å². The smallest absolute Gasteiger partial charge is 0.545 e. The molecule has 0 saturated carbocycles. The molecule has 3 aromatic carbocycles. The van der Waals surface area contributed by atoms with Gasteiger partial charge in [0.1, 0.15) is 5.82 Å². The van der Waals surface area contributed by atoms with Crippen molar-refractivity contribution in [3.05, 3.63) is 89.4 Å². The number of anilines is 1. The number of fused-ring (bicyclic) bond motifs is 1. The Hall–Kier alpha value is -3.29. The number of nitrogens with one attached hydrogen (secondary N) is 1.